The van der Waals surface area contributed by atoms with Crippen LogP contribution in [-0.4, -0.2) is 90.8 Å². The number of β-amino-alcohol motifs (C(OH)–C–C–N with tert-alkyl or cyclic N) is 1. The van der Waals surface area contributed by atoms with Crippen molar-refractivity contribution in [3.05, 3.63) is 0 Å². The van der Waals surface area contributed by atoms with Crippen molar-refractivity contribution in [2.75, 3.05) is 39.8 Å². The molecule has 182 valence electrons. The number of nitrogens with zero attached hydrogens (tertiary/aromatic N) is 2. The van der Waals surface area contributed by atoms with Crippen LogP contribution in [0.15, 0.2) is 0 Å². The van der Waals surface area contributed by atoms with E-state index >= 15 is 0 Å². The molecule has 0 aromatic rings. The van der Waals surface area contributed by atoms with E-state index in [1.807, 2.05) is 0 Å². The minimum absolute atomic E-state index is 0.0550. The maximum Gasteiger partial charge on any atom is 0.237 e. The van der Waals surface area contributed by atoms with E-state index in [2.05, 4.69) is 34.8 Å². The van der Waals surface area contributed by atoms with E-state index in [0.29, 0.717) is 50.5 Å². The van der Waals surface area contributed by atoms with E-state index in [-0.39, 0.29) is 29.8 Å². The Morgan fingerprint density at radius 1 is 1.09 bits per heavy atom. The van der Waals surface area contributed by atoms with Crippen LogP contribution in [0.3, 0.4) is 0 Å². The molecule has 6 unspecified atom stereocenters. The average Bonchev–Trinajstić information content (AvgIpc) is 3.41. The van der Waals surface area contributed by atoms with Crippen molar-refractivity contribution >= 4 is 11.8 Å². The summed E-state index contributed by atoms with van der Waals surface area (Å²) in [6.07, 6.45) is 7.78. The molecular formula is C24H43N5O3. The lowest BCUT2D eigenvalue weighted by Gasteiger charge is -2.36. The summed E-state index contributed by atoms with van der Waals surface area (Å²) in [4.78, 5) is 30.1. The van der Waals surface area contributed by atoms with Gasteiger partial charge < -0.3 is 26.0 Å². The summed E-state index contributed by atoms with van der Waals surface area (Å²) in [6, 6.07) is -0.0519. The van der Waals surface area contributed by atoms with Gasteiger partial charge in [-0.3, -0.25) is 14.5 Å². The van der Waals surface area contributed by atoms with Gasteiger partial charge >= 0.3 is 0 Å². The SMILES string of the molecule is CC(CC1NCCN1C)C1CCCC(NC(=O)C2CC(C(=O)N3CC[C@H](O)C3)CCN2)C1. The van der Waals surface area contributed by atoms with Gasteiger partial charge in [-0.2, -0.15) is 0 Å². The lowest BCUT2D eigenvalue weighted by Crippen LogP contribution is -2.54. The number of carbonyl (C=O) groups excluding carboxylic acids is 2. The first-order valence-electron chi connectivity index (χ1n) is 12.8. The zero-order valence-corrected chi connectivity index (χ0v) is 19.9. The molecule has 3 saturated heterocycles. The Hall–Kier alpha value is -1.22. The summed E-state index contributed by atoms with van der Waals surface area (Å²) in [5, 5.41) is 20.0. The summed E-state index contributed by atoms with van der Waals surface area (Å²) in [5.41, 5.74) is 0. The molecule has 4 N–H and O–H groups in total. The molecule has 32 heavy (non-hydrogen) atoms. The molecule has 7 atom stereocenters. The second-order valence-electron chi connectivity index (χ2n) is 10.8. The first kappa shape index (κ1) is 23.9. The van der Waals surface area contributed by atoms with E-state index in [9.17, 15) is 14.7 Å². The van der Waals surface area contributed by atoms with Gasteiger partial charge in [-0.25, -0.2) is 0 Å². The highest BCUT2D eigenvalue weighted by atomic mass is 16.3. The molecule has 3 heterocycles. The third kappa shape index (κ3) is 5.82. The fourth-order valence-corrected chi connectivity index (χ4v) is 6.25. The number of hydrogen-bond donors (Lipinski definition) is 4. The molecule has 1 aliphatic carbocycles. The first-order chi connectivity index (χ1) is 15.4. The lowest BCUT2D eigenvalue weighted by molar-refractivity contribution is -0.136. The summed E-state index contributed by atoms with van der Waals surface area (Å²) in [5.74, 6) is 1.34. The van der Waals surface area contributed by atoms with Gasteiger partial charge in [0, 0.05) is 38.1 Å². The van der Waals surface area contributed by atoms with E-state index < -0.39 is 6.10 Å². The maximum absolute atomic E-state index is 13.1. The Bertz CT molecular complexity index is 662. The molecule has 0 aromatic carbocycles. The van der Waals surface area contributed by atoms with Crippen molar-refractivity contribution in [2.45, 2.75) is 82.6 Å². The monoisotopic (exact) mass is 449 g/mol. The highest BCUT2D eigenvalue weighted by Gasteiger charge is 2.37. The van der Waals surface area contributed by atoms with Gasteiger partial charge in [-0.15, -0.1) is 0 Å². The van der Waals surface area contributed by atoms with Crippen LogP contribution in [0.1, 0.15) is 58.3 Å². The van der Waals surface area contributed by atoms with Crippen molar-refractivity contribution in [2.24, 2.45) is 17.8 Å². The number of hydrogen-bond acceptors (Lipinski definition) is 6. The summed E-state index contributed by atoms with van der Waals surface area (Å²) in [7, 11) is 2.20. The van der Waals surface area contributed by atoms with Crippen molar-refractivity contribution in [3.8, 4) is 0 Å². The van der Waals surface area contributed by atoms with Crippen LogP contribution in [0.25, 0.3) is 0 Å². The molecule has 0 aromatic heterocycles. The molecule has 4 fully saturated rings. The molecular weight excluding hydrogens is 406 g/mol. The van der Waals surface area contributed by atoms with Crippen molar-refractivity contribution in [3.63, 3.8) is 0 Å². The fourth-order valence-electron chi connectivity index (χ4n) is 6.25. The fraction of sp³-hybridized carbons (Fsp3) is 0.917. The van der Waals surface area contributed by atoms with Crippen LogP contribution in [0, 0.1) is 17.8 Å². The van der Waals surface area contributed by atoms with Gasteiger partial charge in [0.15, 0.2) is 0 Å². The molecule has 0 radical (unpaired) electrons. The standard InChI is InChI=1S/C24H43N5O3/c1-16(12-22-26-9-11-28(22)2)17-4-3-5-19(13-17)27-23(31)21-14-18(6-8-25-21)24(32)29-10-7-20(30)15-29/h16-22,25-26,30H,3-15H2,1-2H3,(H,27,31)/t16?,17?,18?,19?,20-,21?,22?/m0/s1. The number of rotatable bonds is 6. The Kier molecular flexibility index (Phi) is 8.08. The van der Waals surface area contributed by atoms with E-state index in [1.54, 1.807) is 4.90 Å². The van der Waals surface area contributed by atoms with Gasteiger partial charge in [0.2, 0.25) is 11.8 Å². The first-order valence-corrected chi connectivity index (χ1v) is 12.8. The number of piperidine rings is 1. The van der Waals surface area contributed by atoms with Crippen LogP contribution >= 0.6 is 0 Å². The van der Waals surface area contributed by atoms with Gasteiger partial charge in [0.25, 0.3) is 0 Å². The van der Waals surface area contributed by atoms with Crippen molar-refractivity contribution in [1.29, 1.82) is 0 Å². The molecule has 4 aliphatic rings. The van der Waals surface area contributed by atoms with E-state index in [1.165, 1.54) is 19.3 Å². The Morgan fingerprint density at radius 3 is 2.66 bits per heavy atom. The number of carbonyl (C=O) groups is 2. The average molecular weight is 450 g/mol. The number of likely N-dealkylation sites (tertiary alicyclic amines) is 1. The third-order valence-corrected chi connectivity index (χ3v) is 8.38. The van der Waals surface area contributed by atoms with Crippen LogP contribution in [0.5, 0.6) is 0 Å². The van der Waals surface area contributed by atoms with Gasteiger partial charge in [0.1, 0.15) is 0 Å². The summed E-state index contributed by atoms with van der Waals surface area (Å²) in [6.45, 7) is 6.33. The molecule has 3 aliphatic heterocycles. The van der Waals surface area contributed by atoms with Crippen molar-refractivity contribution < 1.29 is 14.7 Å². The van der Waals surface area contributed by atoms with E-state index in [0.717, 1.165) is 32.4 Å². The minimum atomic E-state index is -0.397. The molecule has 4 rings (SSSR count). The number of likely N-dealkylation sites (N-methyl/N-ethyl adjacent to an activating group) is 1. The van der Waals surface area contributed by atoms with Crippen molar-refractivity contribution in [1.82, 2.24) is 25.8 Å². The molecule has 0 spiro atoms. The van der Waals surface area contributed by atoms with Gasteiger partial charge in [-0.1, -0.05) is 19.8 Å². The molecule has 8 nitrogen and oxygen atoms in total. The number of amides is 2. The van der Waals surface area contributed by atoms with Crippen LogP contribution in [0.4, 0.5) is 0 Å². The molecule has 8 heteroatoms. The summed E-state index contributed by atoms with van der Waals surface area (Å²) < 4.78 is 0. The maximum atomic E-state index is 13.1. The predicted molar refractivity (Wildman–Crippen MR) is 124 cm³/mol. The Balaban J connectivity index is 1.25. The largest absolute Gasteiger partial charge is 0.391 e. The van der Waals surface area contributed by atoms with Gasteiger partial charge in [-0.05, 0) is 64.0 Å². The van der Waals surface area contributed by atoms with Crippen LogP contribution < -0.4 is 16.0 Å². The summed E-state index contributed by atoms with van der Waals surface area (Å²) >= 11 is 0. The quantitative estimate of drug-likeness (QED) is 0.472. The minimum Gasteiger partial charge on any atom is -0.391 e. The number of nitrogens with one attached hydrogen (secondary N) is 3. The third-order valence-electron chi connectivity index (χ3n) is 8.38. The predicted octanol–water partition coefficient (Wildman–Crippen LogP) is 0.510. The van der Waals surface area contributed by atoms with E-state index in [4.69, 9.17) is 0 Å². The molecule has 0 bridgehead atoms. The van der Waals surface area contributed by atoms with Crippen LogP contribution in [0.2, 0.25) is 0 Å². The Morgan fingerprint density at radius 2 is 1.94 bits per heavy atom. The zero-order chi connectivity index (χ0) is 22.7. The zero-order valence-electron chi connectivity index (χ0n) is 19.9. The number of aliphatic hydroxyl groups is 1. The highest BCUT2D eigenvalue weighted by Crippen LogP contribution is 2.33. The molecule has 1 saturated carbocycles. The second-order valence-corrected chi connectivity index (χ2v) is 10.8. The topological polar surface area (TPSA) is 96.9 Å². The lowest BCUT2D eigenvalue weighted by atomic mass is 9.77. The smallest absolute Gasteiger partial charge is 0.237 e. The van der Waals surface area contributed by atoms with Gasteiger partial charge in [0.05, 0.1) is 18.3 Å². The normalized spacial score (nSPS) is 37.4. The Labute approximate surface area is 192 Å². The van der Waals surface area contributed by atoms with Crippen LogP contribution in [-0.2, 0) is 9.59 Å². The number of aliphatic hydroxyl groups excluding tert-OH is 1. The highest BCUT2D eigenvalue weighted by molar-refractivity contribution is 5.85. The second kappa shape index (κ2) is 10.8. The molecule has 2 amide bonds.